The molecule has 0 radical (unpaired) electrons. The van der Waals surface area contributed by atoms with Crippen LogP contribution in [0.25, 0.3) is 0 Å². The Morgan fingerprint density at radius 3 is 2.63 bits per heavy atom. The molecule has 0 aliphatic carbocycles. The van der Waals surface area contributed by atoms with Crippen LogP contribution in [0.3, 0.4) is 0 Å². The first-order valence-electron chi connectivity index (χ1n) is 9.60. The van der Waals surface area contributed by atoms with Gasteiger partial charge in [0.15, 0.2) is 0 Å². The summed E-state index contributed by atoms with van der Waals surface area (Å²) in [5, 5.41) is 9.55. The summed E-state index contributed by atoms with van der Waals surface area (Å²) in [6, 6.07) is 9.34. The molecule has 0 saturated carbocycles. The van der Waals surface area contributed by atoms with E-state index in [2.05, 4.69) is 6.58 Å². The number of carbonyl (C=O) groups is 3. The lowest BCUT2D eigenvalue weighted by Crippen LogP contribution is -2.30. The Morgan fingerprint density at radius 1 is 1.20 bits per heavy atom. The minimum atomic E-state index is -0.749. The summed E-state index contributed by atoms with van der Waals surface area (Å²) in [7, 11) is 0. The maximum Gasteiger partial charge on any atom is 0.338 e. The largest absolute Gasteiger partial charge is 0.489 e. The molecule has 2 aromatic carbocycles. The number of fused-ring (bicyclic) bond motifs is 1. The van der Waals surface area contributed by atoms with Gasteiger partial charge >= 0.3 is 5.97 Å². The third-order valence-corrected chi connectivity index (χ3v) is 4.85. The average Bonchev–Trinajstić information content (AvgIpc) is 3.00. The van der Waals surface area contributed by atoms with E-state index in [9.17, 15) is 19.5 Å². The van der Waals surface area contributed by atoms with E-state index in [1.54, 1.807) is 38.1 Å². The van der Waals surface area contributed by atoms with Crippen molar-refractivity contribution in [3.63, 3.8) is 0 Å². The first-order valence-corrected chi connectivity index (χ1v) is 9.60. The Bertz CT molecular complexity index is 1010. The summed E-state index contributed by atoms with van der Waals surface area (Å²) in [6.07, 6.45) is 1.31. The lowest BCUT2D eigenvalue weighted by molar-refractivity contribution is 0.0250. The molecule has 0 spiro atoms. The average molecular weight is 409 g/mol. The summed E-state index contributed by atoms with van der Waals surface area (Å²) in [5.74, 6) is -1.12. The maximum atomic E-state index is 13.0. The van der Waals surface area contributed by atoms with Crippen LogP contribution in [0, 0.1) is 6.92 Å². The molecule has 0 fully saturated rings. The van der Waals surface area contributed by atoms with Crippen molar-refractivity contribution in [2.24, 2.45) is 0 Å². The maximum absolute atomic E-state index is 13.0. The number of aliphatic hydroxyl groups excluding tert-OH is 1. The van der Waals surface area contributed by atoms with Crippen molar-refractivity contribution in [3.05, 3.63) is 71.3 Å². The molecule has 0 aromatic heterocycles. The Balaban J connectivity index is 1.89. The van der Waals surface area contributed by atoms with Gasteiger partial charge < -0.3 is 14.6 Å². The molecule has 1 atom stereocenters. The minimum absolute atomic E-state index is 0.127. The van der Waals surface area contributed by atoms with Crippen LogP contribution >= 0.6 is 0 Å². The Kier molecular flexibility index (Phi) is 6.32. The number of imide groups is 1. The number of ether oxygens (including phenoxy) is 2. The predicted octanol–water partition coefficient (Wildman–Crippen LogP) is 3.29. The van der Waals surface area contributed by atoms with Gasteiger partial charge in [-0.2, -0.15) is 0 Å². The number of nitrogens with zero attached hydrogens (tertiary/aromatic N) is 1. The Hall–Kier alpha value is -3.45. The molecule has 2 amide bonds. The van der Waals surface area contributed by atoms with Crippen LogP contribution in [0.2, 0.25) is 0 Å². The molecule has 30 heavy (non-hydrogen) atoms. The first kappa shape index (κ1) is 21.3. The molecule has 0 bridgehead atoms. The minimum Gasteiger partial charge on any atom is -0.489 e. The summed E-state index contributed by atoms with van der Waals surface area (Å²) in [5.41, 5.74) is 1.53. The second-order valence-electron chi connectivity index (χ2n) is 6.87. The first-order chi connectivity index (χ1) is 14.4. The standard InChI is InChI=1S/C23H23NO6/c1-4-11-29-20-8-6-7-19(14(20)3)24-21(26)17-10-9-15(12-18(17)22(24)27)23(28)30-13-16(25)5-2/h4,6-10,12,16,25H,1,5,11,13H2,2-3H3. The molecule has 0 saturated heterocycles. The lowest BCUT2D eigenvalue weighted by Gasteiger charge is -2.18. The van der Waals surface area contributed by atoms with Crippen molar-refractivity contribution in [2.75, 3.05) is 18.1 Å². The molecule has 156 valence electrons. The van der Waals surface area contributed by atoms with E-state index >= 15 is 0 Å². The highest BCUT2D eigenvalue weighted by atomic mass is 16.5. The van der Waals surface area contributed by atoms with Crippen molar-refractivity contribution in [2.45, 2.75) is 26.4 Å². The number of hydrogen-bond donors (Lipinski definition) is 1. The van der Waals surface area contributed by atoms with Crippen LogP contribution in [0.15, 0.2) is 49.1 Å². The predicted molar refractivity (Wildman–Crippen MR) is 111 cm³/mol. The zero-order valence-electron chi connectivity index (χ0n) is 16.9. The number of rotatable bonds is 8. The second kappa shape index (κ2) is 8.92. The molecule has 1 N–H and O–H groups in total. The molecular formula is C23H23NO6. The van der Waals surface area contributed by atoms with Gasteiger partial charge in [0.1, 0.15) is 19.0 Å². The fraction of sp³-hybridized carbons (Fsp3) is 0.261. The zero-order chi connectivity index (χ0) is 21.8. The molecule has 2 aromatic rings. The summed E-state index contributed by atoms with van der Waals surface area (Å²) < 4.78 is 10.7. The quantitative estimate of drug-likeness (QED) is 0.409. The van der Waals surface area contributed by atoms with Crippen molar-refractivity contribution in [3.8, 4) is 5.75 Å². The normalized spacial score (nSPS) is 13.8. The Labute approximate surface area is 174 Å². The van der Waals surface area contributed by atoms with Gasteiger partial charge in [0, 0.05) is 5.56 Å². The number of esters is 1. The summed E-state index contributed by atoms with van der Waals surface area (Å²) >= 11 is 0. The number of amides is 2. The van der Waals surface area contributed by atoms with E-state index in [1.165, 1.54) is 18.2 Å². The van der Waals surface area contributed by atoms with Crippen LogP contribution < -0.4 is 9.64 Å². The van der Waals surface area contributed by atoms with E-state index in [4.69, 9.17) is 9.47 Å². The summed E-state index contributed by atoms with van der Waals surface area (Å²) in [6.45, 7) is 7.30. The van der Waals surface area contributed by atoms with E-state index in [1.807, 2.05) is 0 Å². The third-order valence-electron chi connectivity index (χ3n) is 4.85. The number of benzene rings is 2. The zero-order valence-corrected chi connectivity index (χ0v) is 16.9. The van der Waals surface area contributed by atoms with Crippen molar-refractivity contribution in [1.82, 2.24) is 0 Å². The highest BCUT2D eigenvalue weighted by molar-refractivity contribution is 6.35. The number of aliphatic hydroxyl groups is 1. The topological polar surface area (TPSA) is 93.1 Å². The fourth-order valence-corrected chi connectivity index (χ4v) is 3.11. The molecule has 3 rings (SSSR count). The monoisotopic (exact) mass is 409 g/mol. The van der Waals surface area contributed by atoms with E-state index < -0.39 is 23.9 Å². The smallest absolute Gasteiger partial charge is 0.338 e. The van der Waals surface area contributed by atoms with Crippen LogP contribution in [0.1, 0.15) is 50.0 Å². The molecule has 1 unspecified atom stereocenters. The van der Waals surface area contributed by atoms with E-state index in [-0.39, 0.29) is 23.3 Å². The highest BCUT2D eigenvalue weighted by Gasteiger charge is 2.38. The van der Waals surface area contributed by atoms with Gasteiger partial charge in [-0.3, -0.25) is 9.59 Å². The van der Waals surface area contributed by atoms with Gasteiger partial charge in [0.2, 0.25) is 0 Å². The van der Waals surface area contributed by atoms with Gasteiger partial charge in [-0.1, -0.05) is 25.6 Å². The van der Waals surface area contributed by atoms with E-state index in [0.717, 1.165) is 4.90 Å². The van der Waals surface area contributed by atoms with E-state index in [0.29, 0.717) is 30.0 Å². The van der Waals surface area contributed by atoms with Crippen LogP contribution in [0.5, 0.6) is 5.75 Å². The molecular weight excluding hydrogens is 386 g/mol. The second-order valence-corrected chi connectivity index (χ2v) is 6.87. The number of anilines is 1. The fourth-order valence-electron chi connectivity index (χ4n) is 3.11. The van der Waals surface area contributed by atoms with Crippen LogP contribution in [0.4, 0.5) is 5.69 Å². The number of carbonyl (C=O) groups excluding carboxylic acids is 3. The van der Waals surface area contributed by atoms with Gasteiger partial charge in [-0.05, 0) is 43.7 Å². The van der Waals surface area contributed by atoms with Gasteiger partial charge in [-0.15, -0.1) is 0 Å². The SMILES string of the molecule is C=CCOc1cccc(N2C(=O)c3ccc(C(=O)OCC(O)CC)cc3C2=O)c1C. The third kappa shape index (κ3) is 3.97. The highest BCUT2D eigenvalue weighted by Crippen LogP contribution is 2.34. The molecule has 1 aliphatic heterocycles. The van der Waals surface area contributed by atoms with Crippen LogP contribution in [-0.2, 0) is 4.74 Å². The molecule has 7 nitrogen and oxygen atoms in total. The molecule has 1 aliphatic rings. The summed E-state index contributed by atoms with van der Waals surface area (Å²) in [4.78, 5) is 39.3. The van der Waals surface area contributed by atoms with Crippen molar-refractivity contribution in [1.29, 1.82) is 0 Å². The number of hydrogen-bond acceptors (Lipinski definition) is 6. The molecule has 7 heteroatoms. The van der Waals surface area contributed by atoms with Crippen LogP contribution in [-0.4, -0.2) is 42.2 Å². The van der Waals surface area contributed by atoms with Gasteiger partial charge in [0.25, 0.3) is 11.8 Å². The molecule has 1 heterocycles. The van der Waals surface area contributed by atoms with Crippen molar-refractivity contribution < 1.29 is 29.0 Å². The lowest BCUT2D eigenvalue weighted by atomic mass is 10.1. The van der Waals surface area contributed by atoms with Gasteiger partial charge in [0.05, 0.1) is 28.5 Å². The Morgan fingerprint density at radius 2 is 1.93 bits per heavy atom. The van der Waals surface area contributed by atoms with Gasteiger partial charge in [-0.25, -0.2) is 9.69 Å². The van der Waals surface area contributed by atoms with Crippen molar-refractivity contribution >= 4 is 23.5 Å².